The molecule has 31 heavy (non-hydrogen) atoms. The van der Waals surface area contributed by atoms with Gasteiger partial charge < -0.3 is 21.3 Å². The van der Waals surface area contributed by atoms with Gasteiger partial charge in [-0.1, -0.05) is 23.8 Å². The molecule has 1 aliphatic heterocycles. The summed E-state index contributed by atoms with van der Waals surface area (Å²) >= 11 is 0. The highest BCUT2D eigenvalue weighted by Crippen LogP contribution is 2.24. The molecule has 2 heterocycles. The molecule has 2 aromatic carbocycles. The lowest BCUT2D eigenvalue weighted by Crippen LogP contribution is -2.31. The number of nitrogens with zero attached hydrogens (tertiary/aromatic N) is 2. The Bertz CT molecular complexity index is 1080. The molecule has 7 heteroatoms. The summed E-state index contributed by atoms with van der Waals surface area (Å²) in [6.07, 6.45) is 2.56. The van der Waals surface area contributed by atoms with Crippen LogP contribution in [0.5, 0.6) is 0 Å². The maximum absolute atomic E-state index is 12.7. The number of nitrogens with one attached hydrogen (secondary N) is 4. The highest BCUT2D eigenvalue weighted by Gasteiger charge is 2.17. The van der Waals surface area contributed by atoms with Crippen LogP contribution in [0, 0.1) is 6.92 Å². The Morgan fingerprint density at radius 1 is 1.03 bits per heavy atom. The van der Waals surface area contributed by atoms with Crippen molar-refractivity contribution in [2.75, 3.05) is 17.2 Å². The van der Waals surface area contributed by atoms with E-state index in [-0.39, 0.29) is 11.9 Å². The molecule has 0 saturated heterocycles. The van der Waals surface area contributed by atoms with Gasteiger partial charge >= 0.3 is 0 Å². The van der Waals surface area contributed by atoms with Crippen LogP contribution in [0.2, 0.25) is 0 Å². The third-order valence-corrected chi connectivity index (χ3v) is 5.12. The van der Waals surface area contributed by atoms with Crippen LogP contribution in [0.15, 0.2) is 48.7 Å². The molecular weight excluding hydrogens is 388 g/mol. The maximum Gasteiger partial charge on any atom is 0.256 e. The first kappa shape index (κ1) is 20.8. The summed E-state index contributed by atoms with van der Waals surface area (Å²) in [4.78, 5) is 21.7. The van der Waals surface area contributed by atoms with Gasteiger partial charge in [0.05, 0.1) is 0 Å². The zero-order valence-corrected chi connectivity index (χ0v) is 18.1. The van der Waals surface area contributed by atoms with Gasteiger partial charge in [0.25, 0.3) is 5.91 Å². The van der Waals surface area contributed by atoms with E-state index in [4.69, 9.17) is 0 Å². The number of hydrogen-bond donors (Lipinski definition) is 4. The summed E-state index contributed by atoms with van der Waals surface area (Å²) in [7, 11) is 0. The molecule has 4 N–H and O–H groups in total. The molecule has 0 fully saturated rings. The number of benzene rings is 2. The Balaban J connectivity index is 1.62. The normalized spacial score (nSPS) is 12.9. The fourth-order valence-electron chi connectivity index (χ4n) is 3.50. The van der Waals surface area contributed by atoms with Gasteiger partial charge in [-0.05, 0) is 69.1 Å². The molecule has 0 bridgehead atoms. The highest BCUT2D eigenvalue weighted by atomic mass is 16.1. The number of carbonyl (C=O) groups excluding carboxylic acids is 1. The number of aryl methyl sites for hydroxylation is 1. The minimum atomic E-state index is -0.211. The molecule has 4 rings (SSSR count). The van der Waals surface area contributed by atoms with Crippen LogP contribution in [-0.4, -0.2) is 28.5 Å². The van der Waals surface area contributed by atoms with Gasteiger partial charge in [-0.2, -0.15) is 4.98 Å². The van der Waals surface area contributed by atoms with Crippen LogP contribution in [0.4, 0.5) is 23.1 Å². The molecule has 1 aromatic heterocycles. The van der Waals surface area contributed by atoms with E-state index in [1.807, 2.05) is 51.1 Å². The van der Waals surface area contributed by atoms with E-state index in [0.717, 1.165) is 36.4 Å². The second-order valence-electron chi connectivity index (χ2n) is 8.11. The topological polar surface area (TPSA) is 91.0 Å². The summed E-state index contributed by atoms with van der Waals surface area (Å²) in [6.45, 7) is 7.76. The molecule has 3 aromatic rings. The van der Waals surface area contributed by atoms with Crippen LogP contribution in [-0.2, 0) is 13.0 Å². The molecule has 0 unspecified atom stereocenters. The van der Waals surface area contributed by atoms with Gasteiger partial charge in [-0.15, -0.1) is 0 Å². The van der Waals surface area contributed by atoms with Gasteiger partial charge in [0.2, 0.25) is 5.95 Å². The molecule has 1 amide bonds. The SMILES string of the molecule is Cc1ccc(Nc2nc(Nc3ccc4c(c3)CCNC4)ncc2C(=O)NC(C)C)cc1. The summed E-state index contributed by atoms with van der Waals surface area (Å²) in [5.74, 6) is 0.684. The Kier molecular flexibility index (Phi) is 6.13. The number of aromatic nitrogens is 2. The quantitative estimate of drug-likeness (QED) is 0.485. The third kappa shape index (κ3) is 5.19. The van der Waals surface area contributed by atoms with E-state index in [2.05, 4.69) is 43.4 Å². The van der Waals surface area contributed by atoms with E-state index < -0.39 is 0 Å². The van der Waals surface area contributed by atoms with Crippen molar-refractivity contribution in [1.29, 1.82) is 0 Å². The van der Waals surface area contributed by atoms with Gasteiger partial charge in [-0.3, -0.25) is 4.79 Å². The van der Waals surface area contributed by atoms with Gasteiger partial charge in [-0.25, -0.2) is 4.98 Å². The van der Waals surface area contributed by atoms with Crippen LogP contribution in [0.1, 0.15) is 40.9 Å². The average Bonchev–Trinajstić information content (AvgIpc) is 2.75. The third-order valence-electron chi connectivity index (χ3n) is 5.12. The number of anilines is 4. The van der Waals surface area contributed by atoms with E-state index in [1.54, 1.807) is 6.20 Å². The number of amides is 1. The van der Waals surface area contributed by atoms with Crippen molar-refractivity contribution in [1.82, 2.24) is 20.6 Å². The molecule has 0 aliphatic carbocycles. The molecule has 0 atom stereocenters. The molecule has 0 spiro atoms. The standard InChI is InChI=1S/C24H28N6O/c1-15(2)27-23(31)21-14-26-24(30-22(21)28-19-7-4-16(3)5-8-19)29-20-9-6-18-13-25-11-10-17(18)12-20/h4-9,12,14-15,25H,10-11,13H2,1-3H3,(H,27,31)(H2,26,28,29,30). The van der Waals surface area contributed by atoms with Gasteiger partial charge in [0.15, 0.2) is 0 Å². The van der Waals surface area contributed by atoms with Crippen LogP contribution in [0.25, 0.3) is 0 Å². The van der Waals surface area contributed by atoms with Gasteiger partial charge in [0, 0.05) is 30.2 Å². The first-order valence-electron chi connectivity index (χ1n) is 10.6. The fourth-order valence-corrected chi connectivity index (χ4v) is 3.50. The first-order valence-corrected chi connectivity index (χ1v) is 10.6. The van der Waals surface area contributed by atoms with E-state index in [0.29, 0.717) is 17.3 Å². The lowest BCUT2D eigenvalue weighted by atomic mass is 10.0. The summed E-state index contributed by atoms with van der Waals surface area (Å²) in [5, 5.41) is 12.8. The summed E-state index contributed by atoms with van der Waals surface area (Å²) < 4.78 is 0. The molecule has 160 valence electrons. The second kappa shape index (κ2) is 9.14. The smallest absolute Gasteiger partial charge is 0.256 e. The first-order chi connectivity index (χ1) is 15.0. The van der Waals surface area contributed by atoms with Crippen molar-refractivity contribution in [3.05, 3.63) is 70.9 Å². The molecule has 7 nitrogen and oxygen atoms in total. The Labute approximate surface area is 182 Å². The maximum atomic E-state index is 12.7. The van der Waals surface area contributed by atoms with E-state index in [1.165, 1.54) is 11.1 Å². The summed E-state index contributed by atoms with van der Waals surface area (Å²) in [5.41, 5.74) is 6.00. The van der Waals surface area contributed by atoms with Crippen molar-refractivity contribution in [3.63, 3.8) is 0 Å². The lowest BCUT2D eigenvalue weighted by molar-refractivity contribution is 0.0943. The Hall–Kier alpha value is -3.45. The lowest BCUT2D eigenvalue weighted by Gasteiger charge is -2.18. The monoisotopic (exact) mass is 416 g/mol. The summed E-state index contributed by atoms with van der Waals surface area (Å²) in [6, 6.07) is 14.3. The molecule has 0 radical (unpaired) electrons. The zero-order valence-electron chi connectivity index (χ0n) is 18.1. The second-order valence-corrected chi connectivity index (χ2v) is 8.11. The van der Waals surface area contributed by atoms with Crippen molar-refractivity contribution in [3.8, 4) is 0 Å². The molecule has 0 saturated carbocycles. The Morgan fingerprint density at radius 2 is 1.81 bits per heavy atom. The van der Waals surface area contributed by atoms with Crippen molar-refractivity contribution < 1.29 is 4.79 Å². The van der Waals surface area contributed by atoms with Crippen molar-refractivity contribution in [2.24, 2.45) is 0 Å². The number of hydrogen-bond acceptors (Lipinski definition) is 6. The highest BCUT2D eigenvalue weighted by molar-refractivity contribution is 5.99. The van der Waals surface area contributed by atoms with Crippen molar-refractivity contribution >= 4 is 29.0 Å². The largest absolute Gasteiger partial charge is 0.350 e. The Morgan fingerprint density at radius 3 is 2.58 bits per heavy atom. The number of carbonyl (C=O) groups is 1. The van der Waals surface area contributed by atoms with Crippen LogP contribution in [0.3, 0.4) is 0 Å². The van der Waals surface area contributed by atoms with Gasteiger partial charge in [0.1, 0.15) is 11.4 Å². The zero-order chi connectivity index (χ0) is 21.8. The predicted molar refractivity (Wildman–Crippen MR) is 124 cm³/mol. The van der Waals surface area contributed by atoms with E-state index in [9.17, 15) is 4.79 Å². The number of fused-ring (bicyclic) bond motifs is 1. The molecular formula is C24H28N6O. The minimum Gasteiger partial charge on any atom is -0.350 e. The van der Waals surface area contributed by atoms with E-state index >= 15 is 0 Å². The average molecular weight is 417 g/mol. The van der Waals surface area contributed by atoms with Crippen LogP contribution >= 0.6 is 0 Å². The fraction of sp³-hybridized carbons (Fsp3) is 0.292. The minimum absolute atomic E-state index is 0.0162. The van der Waals surface area contributed by atoms with Crippen LogP contribution < -0.4 is 21.3 Å². The number of rotatable bonds is 6. The predicted octanol–water partition coefficient (Wildman–Crippen LogP) is 4.06. The van der Waals surface area contributed by atoms with Crippen molar-refractivity contribution in [2.45, 2.75) is 39.8 Å². The molecule has 1 aliphatic rings.